The van der Waals surface area contributed by atoms with Crippen LogP contribution in [0.4, 0.5) is 10.9 Å². The van der Waals surface area contributed by atoms with Crippen LogP contribution in [-0.4, -0.2) is 21.5 Å². The third kappa shape index (κ3) is 2.93. The minimum atomic E-state index is 0.165. The molecule has 0 unspecified atom stereocenters. The largest absolute Gasteiger partial charge is 0.375 e. The second kappa shape index (κ2) is 5.42. The van der Waals surface area contributed by atoms with Crippen molar-refractivity contribution in [3.63, 3.8) is 0 Å². The Hall–Kier alpha value is -2.20. The van der Waals surface area contributed by atoms with Crippen molar-refractivity contribution in [3.8, 4) is 6.07 Å². The fourth-order valence-corrected chi connectivity index (χ4v) is 2.33. The first-order valence-electron chi connectivity index (χ1n) is 5.38. The molecule has 2 aromatic heterocycles. The van der Waals surface area contributed by atoms with Crippen molar-refractivity contribution in [2.45, 2.75) is 13.3 Å². The number of aryl methyl sites for hydroxylation is 1. The Balaban J connectivity index is 1.92. The molecule has 0 radical (unpaired) electrons. The topological polar surface area (TPSA) is 101 Å². The summed E-state index contributed by atoms with van der Waals surface area (Å²) in [6.45, 7) is 2.66. The Kier molecular flexibility index (Phi) is 3.69. The van der Waals surface area contributed by atoms with E-state index >= 15 is 0 Å². The third-order valence-electron chi connectivity index (χ3n) is 2.32. The van der Waals surface area contributed by atoms with Crippen molar-refractivity contribution in [2.24, 2.45) is 0 Å². The number of thiazole rings is 1. The molecule has 0 bridgehead atoms. The molecule has 2 aromatic rings. The van der Waals surface area contributed by atoms with Crippen molar-refractivity contribution >= 4 is 22.3 Å². The van der Waals surface area contributed by atoms with Crippen LogP contribution in [-0.2, 0) is 6.42 Å². The number of aromatic nitrogens is 3. The summed E-state index contributed by atoms with van der Waals surface area (Å²) in [4.78, 5) is 13.2. The van der Waals surface area contributed by atoms with Crippen LogP contribution in [0.3, 0.4) is 0 Å². The molecule has 6 nitrogen and oxygen atoms in total. The highest BCUT2D eigenvalue weighted by Gasteiger charge is 2.05. The molecule has 0 aromatic carbocycles. The van der Waals surface area contributed by atoms with Gasteiger partial charge in [-0.05, 0) is 13.0 Å². The normalized spacial score (nSPS) is 10.0. The molecule has 3 N–H and O–H groups in total. The van der Waals surface area contributed by atoms with Crippen LogP contribution in [0.5, 0.6) is 0 Å². The van der Waals surface area contributed by atoms with Crippen LogP contribution in [0.1, 0.15) is 16.4 Å². The van der Waals surface area contributed by atoms with E-state index in [-0.39, 0.29) is 5.82 Å². The number of hydrogen-bond acceptors (Lipinski definition) is 7. The molecule has 0 spiro atoms. The molecule has 0 atom stereocenters. The molecule has 0 saturated carbocycles. The predicted octanol–water partition coefficient (Wildman–Crippen LogP) is 1.35. The van der Waals surface area contributed by atoms with Crippen LogP contribution in [0.2, 0.25) is 0 Å². The van der Waals surface area contributed by atoms with E-state index in [1.54, 1.807) is 12.3 Å². The monoisotopic (exact) mass is 260 g/mol. The standard InChI is InChI=1S/C11H12N6S/c1-7-8(18-11(13)16-7)2-4-14-9-3-5-15-10(6-12)17-9/h3,5H,2,4H2,1H3,(H2,13,16)(H,14,15,17). The van der Waals surface area contributed by atoms with Gasteiger partial charge in [0.15, 0.2) is 5.13 Å². The van der Waals surface area contributed by atoms with Gasteiger partial charge in [0.2, 0.25) is 5.82 Å². The van der Waals surface area contributed by atoms with Crippen LogP contribution in [0.15, 0.2) is 12.3 Å². The summed E-state index contributed by atoms with van der Waals surface area (Å²) in [5.41, 5.74) is 6.60. The average Bonchev–Trinajstić information content (AvgIpc) is 2.68. The molecule has 2 rings (SSSR count). The van der Waals surface area contributed by atoms with Gasteiger partial charge in [-0.25, -0.2) is 15.0 Å². The van der Waals surface area contributed by atoms with E-state index in [2.05, 4.69) is 20.3 Å². The maximum Gasteiger partial charge on any atom is 0.234 e. The molecule has 7 heteroatoms. The summed E-state index contributed by atoms with van der Waals surface area (Å²) >= 11 is 1.50. The molecular formula is C11H12N6S. The fourth-order valence-electron chi connectivity index (χ4n) is 1.50. The van der Waals surface area contributed by atoms with Crippen molar-refractivity contribution in [1.82, 2.24) is 15.0 Å². The van der Waals surface area contributed by atoms with Gasteiger partial charge in [0.25, 0.3) is 0 Å². The Morgan fingerprint density at radius 3 is 3.00 bits per heavy atom. The summed E-state index contributed by atoms with van der Waals surface area (Å²) in [6, 6.07) is 3.63. The maximum atomic E-state index is 8.68. The molecule has 92 valence electrons. The SMILES string of the molecule is Cc1nc(N)sc1CCNc1ccnc(C#N)n1. The fraction of sp³-hybridized carbons (Fsp3) is 0.273. The number of nitrogens with two attached hydrogens (primary N) is 1. The Bertz CT molecular complexity index is 585. The minimum Gasteiger partial charge on any atom is -0.375 e. The van der Waals surface area contributed by atoms with Crippen molar-refractivity contribution in [3.05, 3.63) is 28.7 Å². The van der Waals surface area contributed by atoms with E-state index in [0.29, 0.717) is 17.5 Å². The van der Waals surface area contributed by atoms with Crippen molar-refractivity contribution < 1.29 is 0 Å². The highest BCUT2D eigenvalue weighted by atomic mass is 32.1. The lowest BCUT2D eigenvalue weighted by atomic mass is 10.3. The summed E-state index contributed by atoms with van der Waals surface area (Å²) in [6.07, 6.45) is 2.39. The van der Waals surface area contributed by atoms with Crippen LogP contribution < -0.4 is 11.1 Å². The van der Waals surface area contributed by atoms with E-state index in [1.165, 1.54) is 11.3 Å². The summed E-state index contributed by atoms with van der Waals surface area (Å²) < 4.78 is 0. The van der Waals surface area contributed by atoms with Gasteiger partial charge >= 0.3 is 0 Å². The zero-order valence-corrected chi connectivity index (χ0v) is 10.7. The minimum absolute atomic E-state index is 0.165. The smallest absolute Gasteiger partial charge is 0.234 e. The summed E-state index contributed by atoms with van der Waals surface area (Å²) in [5, 5.41) is 12.4. The van der Waals surface area contributed by atoms with E-state index < -0.39 is 0 Å². The Labute approximate surface area is 109 Å². The van der Waals surface area contributed by atoms with Gasteiger partial charge in [-0.1, -0.05) is 0 Å². The second-order valence-electron chi connectivity index (χ2n) is 3.61. The van der Waals surface area contributed by atoms with Crippen LogP contribution in [0.25, 0.3) is 0 Å². The van der Waals surface area contributed by atoms with Crippen molar-refractivity contribution in [1.29, 1.82) is 5.26 Å². The summed E-state index contributed by atoms with van der Waals surface area (Å²) in [7, 11) is 0. The van der Waals surface area contributed by atoms with Gasteiger partial charge in [-0.3, -0.25) is 0 Å². The zero-order chi connectivity index (χ0) is 13.0. The first kappa shape index (κ1) is 12.3. The molecule has 18 heavy (non-hydrogen) atoms. The Morgan fingerprint density at radius 2 is 2.33 bits per heavy atom. The number of hydrogen-bond donors (Lipinski definition) is 2. The third-order valence-corrected chi connectivity index (χ3v) is 3.37. The molecule has 0 fully saturated rings. The number of nitrogens with one attached hydrogen (secondary N) is 1. The van der Waals surface area contributed by atoms with E-state index in [9.17, 15) is 0 Å². The van der Waals surface area contributed by atoms with Gasteiger partial charge in [0.05, 0.1) is 5.69 Å². The van der Waals surface area contributed by atoms with Gasteiger partial charge < -0.3 is 11.1 Å². The molecule has 2 heterocycles. The zero-order valence-electron chi connectivity index (χ0n) is 9.84. The predicted molar refractivity (Wildman–Crippen MR) is 70.2 cm³/mol. The summed E-state index contributed by atoms with van der Waals surface area (Å²) in [5.74, 6) is 0.815. The highest BCUT2D eigenvalue weighted by molar-refractivity contribution is 7.15. The lowest BCUT2D eigenvalue weighted by Gasteiger charge is -2.04. The van der Waals surface area contributed by atoms with Crippen LogP contribution in [0, 0.1) is 18.3 Å². The average molecular weight is 260 g/mol. The number of nitriles is 1. The lowest BCUT2D eigenvalue weighted by Crippen LogP contribution is -2.07. The van der Waals surface area contributed by atoms with E-state index in [4.69, 9.17) is 11.0 Å². The first-order chi connectivity index (χ1) is 8.69. The number of anilines is 2. The maximum absolute atomic E-state index is 8.68. The van der Waals surface area contributed by atoms with Gasteiger partial charge in [0, 0.05) is 24.0 Å². The quantitative estimate of drug-likeness (QED) is 0.860. The van der Waals surface area contributed by atoms with Crippen LogP contribution >= 0.6 is 11.3 Å². The molecule has 0 aliphatic heterocycles. The van der Waals surface area contributed by atoms with Gasteiger partial charge in [0.1, 0.15) is 11.9 Å². The van der Waals surface area contributed by atoms with E-state index in [1.807, 2.05) is 13.0 Å². The molecule has 0 aliphatic carbocycles. The number of nitrogens with zero attached hydrogens (tertiary/aromatic N) is 4. The molecule has 0 saturated heterocycles. The van der Waals surface area contributed by atoms with Gasteiger partial charge in [-0.15, -0.1) is 11.3 Å². The number of nitrogen functional groups attached to an aromatic ring is 1. The molecule has 0 amide bonds. The van der Waals surface area contributed by atoms with Gasteiger partial charge in [-0.2, -0.15) is 5.26 Å². The number of rotatable bonds is 4. The highest BCUT2D eigenvalue weighted by Crippen LogP contribution is 2.19. The molecular weight excluding hydrogens is 248 g/mol. The Morgan fingerprint density at radius 1 is 1.50 bits per heavy atom. The second-order valence-corrected chi connectivity index (χ2v) is 4.73. The van der Waals surface area contributed by atoms with E-state index in [0.717, 1.165) is 17.0 Å². The molecule has 0 aliphatic rings. The first-order valence-corrected chi connectivity index (χ1v) is 6.19. The lowest BCUT2D eigenvalue weighted by molar-refractivity contribution is 0.994. The van der Waals surface area contributed by atoms with Crippen molar-refractivity contribution in [2.75, 3.05) is 17.6 Å².